The van der Waals surface area contributed by atoms with E-state index in [-0.39, 0.29) is 12.5 Å². The maximum absolute atomic E-state index is 12.6. The molecule has 5 nitrogen and oxygen atoms in total. The van der Waals surface area contributed by atoms with Gasteiger partial charge in [-0.2, -0.15) is 0 Å². The molecule has 1 saturated heterocycles. The van der Waals surface area contributed by atoms with E-state index in [0.29, 0.717) is 22.4 Å². The van der Waals surface area contributed by atoms with Gasteiger partial charge >= 0.3 is 5.97 Å². The number of unbranched alkanes of at least 4 members (excludes halogenated alkanes) is 1. The normalized spacial score (nSPS) is 15.0. The summed E-state index contributed by atoms with van der Waals surface area (Å²) in [6.45, 7) is 2.71. The van der Waals surface area contributed by atoms with Crippen molar-refractivity contribution in [2.24, 2.45) is 0 Å². The Balaban J connectivity index is 1.57. The number of benzene rings is 2. The van der Waals surface area contributed by atoms with Crippen LogP contribution in [0.3, 0.4) is 0 Å². The molecule has 1 amide bonds. The summed E-state index contributed by atoms with van der Waals surface area (Å²) in [7, 11) is 0. The Hall–Kier alpha value is -2.64. The third kappa shape index (κ3) is 6.18. The van der Waals surface area contributed by atoms with Crippen molar-refractivity contribution >= 4 is 46.3 Å². The minimum Gasteiger partial charge on any atom is -0.489 e. The van der Waals surface area contributed by atoms with Crippen molar-refractivity contribution in [1.29, 1.82) is 0 Å². The molecular formula is C23H23NO4S2. The molecule has 1 aliphatic rings. The average Bonchev–Trinajstić information content (AvgIpc) is 3.01. The second-order valence-corrected chi connectivity index (χ2v) is 8.36. The Morgan fingerprint density at radius 3 is 2.57 bits per heavy atom. The molecule has 2 aromatic rings. The minimum absolute atomic E-state index is 0.155. The van der Waals surface area contributed by atoms with E-state index < -0.39 is 5.97 Å². The smallest absolute Gasteiger partial charge is 0.326 e. The van der Waals surface area contributed by atoms with Gasteiger partial charge in [-0.3, -0.25) is 14.5 Å². The maximum atomic E-state index is 12.6. The Morgan fingerprint density at radius 2 is 1.87 bits per heavy atom. The van der Waals surface area contributed by atoms with Crippen LogP contribution in [0.1, 0.15) is 30.9 Å². The molecule has 0 aromatic heterocycles. The fourth-order valence-electron chi connectivity index (χ4n) is 2.69. The van der Waals surface area contributed by atoms with E-state index in [2.05, 4.69) is 0 Å². The number of esters is 1. The number of hydrogen-bond donors (Lipinski definition) is 0. The highest BCUT2D eigenvalue weighted by molar-refractivity contribution is 8.26. The lowest BCUT2D eigenvalue weighted by molar-refractivity contribution is -0.146. The van der Waals surface area contributed by atoms with Crippen LogP contribution in [0.2, 0.25) is 0 Å². The van der Waals surface area contributed by atoms with Gasteiger partial charge in [0.2, 0.25) is 0 Å². The topological polar surface area (TPSA) is 55.8 Å². The number of rotatable bonds is 9. The van der Waals surface area contributed by atoms with E-state index >= 15 is 0 Å². The highest BCUT2D eigenvalue weighted by Crippen LogP contribution is 2.32. The molecule has 0 aliphatic carbocycles. The van der Waals surface area contributed by atoms with Gasteiger partial charge in [0.15, 0.2) is 0 Å². The van der Waals surface area contributed by atoms with Crippen LogP contribution in [-0.2, 0) is 20.9 Å². The van der Waals surface area contributed by atoms with Crippen molar-refractivity contribution in [1.82, 2.24) is 4.90 Å². The van der Waals surface area contributed by atoms with Gasteiger partial charge in [-0.05, 0) is 35.8 Å². The molecule has 30 heavy (non-hydrogen) atoms. The first-order valence-corrected chi connectivity index (χ1v) is 11.0. The molecule has 0 saturated carbocycles. The second kappa shape index (κ2) is 10.9. The largest absolute Gasteiger partial charge is 0.489 e. The van der Waals surface area contributed by atoms with Crippen LogP contribution in [0, 0.1) is 0 Å². The Kier molecular flexibility index (Phi) is 8.04. The van der Waals surface area contributed by atoms with Crippen LogP contribution in [0.25, 0.3) is 6.08 Å². The SMILES string of the molecule is CCCCOC(=O)CN1C(=O)/C(=C/c2ccc(OCc3ccccc3)cc2)SC1=S. The van der Waals surface area contributed by atoms with Gasteiger partial charge in [-0.15, -0.1) is 0 Å². The monoisotopic (exact) mass is 441 g/mol. The molecule has 156 valence electrons. The molecule has 0 N–H and O–H groups in total. The number of carbonyl (C=O) groups is 2. The maximum Gasteiger partial charge on any atom is 0.326 e. The van der Waals surface area contributed by atoms with E-state index in [4.69, 9.17) is 21.7 Å². The molecule has 7 heteroatoms. The van der Waals surface area contributed by atoms with E-state index in [1.54, 1.807) is 6.08 Å². The molecule has 0 bridgehead atoms. The highest BCUT2D eigenvalue weighted by atomic mass is 32.2. The fourth-order valence-corrected chi connectivity index (χ4v) is 3.95. The number of hydrogen-bond acceptors (Lipinski definition) is 6. The van der Waals surface area contributed by atoms with Crippen LogP contribution < -0.4 is 4.74 Å². The first-order valence-electron chi connectivity index (χ1n) is 9.74. The van der Waals surface area contributed by atoms with Gasteiger partial charge < -0.3 is 9.47 Å². The lowest BCUT2D eigenvalue weighted by Gasteiger charge is -2.13. The van der Waals surface area contributed by atoms with E-state index in [1.165, 1.54) is 16.7 Å². The Labute approximate surface area is 186 Å². The van der Waals surface area contributed by atoms with Gasteiger partial charge in [0.25, 0.3) is 5.91 Å². The highest BCUT2D eigenvalue weighted by Gasteiger charge is 2.33. The molecular weight excluding hydrogens is 418 g/mol. The van der Waals surface area contributed by atoms with Gasteiger partial charge in [-0.1, -0.05) is 79.8 Å². The number of thiocarbonyl (C=S) groups is 1. The van der Waals surface area contributed by atoms with Crippen LogP contribution >= 0.6 is 24.0 Å². The Bertz CT molecular complexity index is 926. The van der Waals surface area contributed by atoms with Crippen LogP contribution in [0.15, 0.2) is 59.5 Å². The van der Waals surface area contributed by atoms with Crippen LogP contribution in [-0.4, -0.2) is 34.2 Å². The van der Waals surface area contributed by atoms with Gasteiger partial charge in [0.05, 0.1) is 11.5 Å². The zero-order valence-corrected chi connectivity index (χ0v) is 18.3. The molecule has 0 unspecified atom stereocenters. The molecule has 1 heterocycles. The number of ether oxygens (including phenoxy) is 2. The van der Waals surface area contributed by atoms with Gasteiger partial charge in [-0.25, -0.2) is 0 Å². The molecule has 1 fully saturated rings. The van der Waals surface area contributed by atoms with Gasteiger partial charge in [0, 0.05) is 0 Å². The van der Waals surface area contributed by atoms with Crippen molar-refractivity contribution in [3.05, 3.63) is 70.6 Å². The molecule has 1 aliphatic heterocycles. The van der Waals surface area contributed by atoms with Crippen molar-refractivity contribution in [3.63, 3.8) is 0 Å². The lowest BCUT2D eigenvalue weighted by Crippen LogP contribution is -2.34. The molecule has 2 aromatic carbocycles. The molecule has 3 rings (SSSR count). The quantitative estimate of drug-likeness (QED) is 0.241. The number of thioether (sulfide) groups is 1. The summed E-state index contributed by atoms with van der Waals surface area (Å²) in [6, 6.07) is 17.4. The summed E-state index contributed by atoms with van der Waals surface area (Å²) >= 11 is 6.45. The third-order valence-electron chi connectivity index (χ3n) is 4.35. The number of nitrogens with zero attached hydrogens (tertiary/aromatic N) is 1. The fraction of sp³-hybridized carbons (Fsp3) is 0.261. The standard InChI is InChI=1S/C23H23NO4S2/c1-2-3-13-27-21(25)15-24-22(26)20(30-23(24)29)14-17-9-11-19(12-10-17)28-16-18-7-5-4-6-8-18/h4-12,14H,2-3,13,15-16H2,1H3/b20-14-. The van der Waals surface area contributed by atoms with Crippen molar-refractivity contribution in [2.75, 3.05) is 13.2 Å². The predicted octanol–water partition coefficient (Wildman–Crippen LogP) is 4.81. The minimum atomic E-state index is -0.444. The molecule has 0 radical (unpaired) electrons. The van der Waals surface area contributed by atoms with Crippen LogP contribution in [0.4, 0.5) is 0 Å². The summed E-state index contributed by atoms with van der Waals surface area (Å²) in [5.74, 6) is 0.0288. The summed E-state index contributed by atoms with van der Waals surface area (Å²) in [5, 5.41) is 0. The van der Waals surface area contributed by atoms with Crippen molar-refractivity contribution < 1.29 is 19.1 Å². The zero-order chi connectivity index (χ0) is 21.3. The summed E-state index contributed by atoms with van der Waals surface area (Å²) in [5.41, 5.74) is 1.95. The summed E-state index contributed by atoms with van der Waals surface area (Å²) in [4.78, 5) is 26.3. The zero-order valence-electron chi connectivity index (χ0n) is 16.7. The number of amides is 1. The van der Waals surface area contributed by atoms with Gasteiger partial charge in [0.1, 0.15) is 23.2 Å². The predicted molar refractivity (Wildman–Crippen MR) is 123 cm³/mol. The average molecular weight is 442 g/mol. The first kappa shape index (κ1) is 22.1. The van der Waals surface area contributed by atoms with E-state index in [1.807, 2.05) is 61.5 Å². The summed E-state index contributed by atoms with van der Waals surface area (Å²) in [6.07, 6.45) is 3.50. The van der Waals surface area contributed by atoms with Crippen LogP contribution in [0.5, 0.6) is 5.75 Å². The van der Waals surface area contributed by atoms with Crippen molar-refractivity contribution in [3.8, 4) is 5.75 Å². The first-order chi connectivity index (χ1) is 14.6. The number of carbonyl (C=O) groups excluding carboxylic acids is 2. The van der Waals surface area contributed by atoms with E-state index in [0.717, 1.165) is 29.7 Å². The molecule has 0 atom stereocenters. The summed E-state index contributed by atoms with van der Waals surface area (Å²) < 4.78 is 11.3. The van der Waals surface area contributed by atoms with Crippen molar-refractivity contribution in [2.45, 2.75) is 26.4 Å². The Morgan fingerprint density at radius 1 is 1.13 bits per heavy atom. The third-order valence-corrected chi connectivity index (χ3v) is 5.73. The van der Waals surface area contributed by atoms with E-state index in [9.17, 15) is 9.59 Å². The lowest BCUT2D eigenvalue weighted by atomic mass is 10.2. The second-order valence-electron chi connectivity index (χ2n) is 6.69. The molecule has 0 spiro atoms.